The maximum Gasteiger partial charge on any atom is 0.166 e. The molecule has 1 aromatic carbocycles. The van der Waals surface area contributed by atoms with Crippen LogP contribution in [-0.2, 0) is 11.3 Å². The predicted molar refractivity (Wildman–Crippen MR) is 94.8 cm³/mol. The summed E-state index contributed by atoms with van der Waals surface area (Å²) in [6.07, 6.45) is 3.60. The van der Waals surface area contributed by atoms with E-state index in [1.54, 1.807) is 0 Å². The summed E-state index contributed by atoms with van der Waals surface area (Å²) in [4.78, 5) is 22.8. The first-order valence-corrected chi connectivity index (χ1v) is 8.04. The van der Waals surface area contributed by atoms with E-state index < -0.39 is 0 Å². The summed E-state index contributed by atoms with van der Waals surface area (Å²) in [5, 5.41) is 4.15. The monoisotopic (exact) mass is 312 g/mol. The number of carbonyl (C=O) groups is 2. The fourth-order valence-electron chi connectivity index (χ4n) is 2.81. The Kier molecular flexibility index (Phi) is 5.88. The minimum atomic E-state index is 0.678. The van der Waals surface area contributed by atoms with E-state index in [1.165, 1.54) is 0 Å². The number of nitrogens with zero attached hydrogens (tertiary/aromatic N) is 1. The lowest BCUT2D eigenvalue weighted by molar-refractivity contribution is -0.103. The van der Waals surface area contributed by atoms with Gasteiger partial charge in [0.15, 0.2) is 12.6 Å². The van der Waals surface area contributed by atoms with E-state index in [-0.39, 0.29) is 0 Å². The molecule has 23 heavy (non-hydrogen) atoms. The third-order valence-corrected chi connectivity index (χ3v) is 4.28. The van der Waals surface area contributed by atoms with Crippen LogP contribution in [0, 0.1) is 0 Å². The van der Waals surface area contributed by atoms with Crippen molar-refractivity contribution in [1.29, 1.82) is 0 Å². The SMILES string of the molecule is CC/C(C)=C(/C=O)c1ccc2cc(C=O)n(CCCNC)c2c1. The van der Waals surface area contributed by atoms with E-state index in [2.05, 4.69) is 5.32 Å². The van der Waals surface area contributed by atoms with Crippen LogP contribution in [0.15, 0.2) is 29.8 Å². The number of allylic oxidation sites excluding steroid dienone is 2. The molecule has 0 aliphatic rings. The van der Waals surface area contributed by atoms with Crippen LogP contribution in [0.3, 0.4) is 0 Å². The van der Waals surface area contributed by atoms with Crippen LogP contribution in [0.1, 0.15) is 42.7 Å². The number of aldehydes is 2. The third kappa shape index (κ3) is 3.59. The fraction of sp³-hybridized carbons (Fsp3) is 0.368. The Labute approximate surface area is 137 Å². The molecule has 1 aromatic heterocycles. The molecule has 0 amide bonds. The normalized spacial score (nSPS) is 12.3. The number of rotatable bonds is 8. The highest BCUT2D eigenvalue weighted by molar-refractivity contribution is 6.09. The molecule has 4 nitrogen and oxygen atoms in total. The Balaban J connectivity index is 2.54. The molecule has 0 bridgehead atoms. The number of hydrogen-bond acceptors (Lipinski definition) is 3. The molecule has 1 heterocycles. The number of nitrogens with one attached hydrogen (secondary N) is 1. The predicted octanol–water partition coefficient (Wildman–Crippen LogP) is 3.45. The van der Waals surface area contributed by atoms with Crippen molar-refractivity contribution in [1.82, 2.24) is 9.88 Å². The maximum atomic E-state index is 11.5. The van der Waals surface area contributed by atoms with Crippen LogP contribution < -0.4 is 5.32 Å². The van der Waals surface area contributed by atoms with Crippen molar-refractivity contribution < 1.29 is 9.59 Å². The number of carbonyl (C=O) groups excluding carboxylic acids is 2. The highest BCUT2D eigenvalue weighted by Gasteiger charge is 2.11. The molecule has 0 saturated carbocycles. The molecule has 122 valence electrons. The lowest BCUT2D eigenvalue weighted by atomic mass is 9.99. The second-order valence-corrected chi connectivity index (χ2v) is 5.73. The molecule has 1 N–H and O–H groups in total. The zero-order valence-corrected chi connectivity index (χ0v) is 14.1. The van der Waals surface area contributed by atoms with Gasteiger partial charge in [-0.05, 0) is 51.1 Å². The molecule has 0 saturated heterocycles. The average Bonchev–Trinajstić information content (AvgIpc) is 2.93. The van der Waals surface area contributed by atoms with Gasteiger partial charge >= 0.3 is 0 Å². The molecule has 0 spiro atoms. The van der Waals surface area contributed by atoms with Crippen molar-refractivity contribution in [3.05, 3.63) is 41.1 Å². The molecule has 0 radical (unpaired) electrons. The molecule has 2 rings (SSSR count). The van der Waals surface area contributed by atoms with Gasteiger partial charge in [0.1, 0.15) is 0 Å². The van der Waals surface area contributed by atoms with Crippen molar-refractivity contribution in [3.8, 4) is 0 Å². The van der Waals surface area contributed by atoms with Gasteiger partial charge in [-0.15, -0.1) is 0 Å². The van der Waals surface area contributed by atoms with Crippen LogP contribution in [0.5, 0.6) is 0 Å². The summed E-state index contributed by atoms with van der Waals surface area (Å²) in [5.41, 5.74) is 4.41. The Bertz CT molecular complexity index is 741. The summed E-state index contributed by atoms with van der Waals surface area (Å²) in [7, 11) is 1.92. The van der Waals surface area contributed by atoms with Gasteiger partial charge in [0.2, 0.25) is 0 Å². The molecule has 0 atom stereocenters. The van der Waals surface area contributed by atoms with Gasteiger partial charge in [-0.25, -0.2) is 0 Å². The smallest absolute Gasteiger partial charge is 0.166 e. The molecule has 0 unspecified atom stereocenters. The molecular formula is C19H24N2O2. The Morgan fingerprint density at radius 2 is 2.04 bits per heavy atom. The number of fused-ring (bicyclic) bond motifs is 1. The van der Waals surface area contributed by atoms with Crippen LogP contribution in [-0.4, -0.2) is 30.7 Å². The van der Waals surface area contributed by atoms with Gasteiger partial charge in [-0.3, -0.25) is 9.59 Å². The number of hydrogen-bond donors (Lipinski definition) is 1. The van der Waals surface area contributed by atoms with E-state index in [0.717, 1.165) is 66.1 Å². The van der Waals surface area contributed by atoms with Crippen molar-refractivity contribution in [2.45, 2.75) is 33.2 Å². The Morgan fingerprint density at radius 1 is 1.26 bits per heavy atom. The molecule has 2 aromatic rings. The summed E-state index contributed by atoms with van der Waals surface area (Å²) < 4.78 is 2.03. The standard InChI is InChI=1S/C19H24N2O2/c1-4-14(2)18(13-23)15-6-7-16-10-17(12-22)21(19(16)11-15)9-5-8-20-3/h6-7,10-13,20H,4-5,8-9H2,1-3H3/b18-14-. The van der Waals surface area contributed by atoms with E-state index in [9.17, 15) is 9.59 Å². The van der Waals surface area contributed by atoms with Crippen molar-refractivity contribution >= 4 is 29.0 Å². The third-order valence-electron chi connectivity index (χ3n) is 4.28. The van der Waals surface area contributed by atoms with Crippen molar-refractivity contribution in [3.63, 3.8) is 0 Å². The first-order valence-electron chi connectivity index (χ1n) is 8.04. The first-order chi connectivity index (χ1) is 11.2. The molecule has 0 fully saturated rings. The molecule has 4 heteroatoms. The van der Waals surface area contributed by atoms with E-state index in [0.29, 0.717) is 5.69 Å². The van der Waals surface area contributed by atoms with Crippen molar-refractivity contribution in [2.24, 2.45) is 0 Å². The zero-order valence-electron chi connectivity index (χ0n) is 14.1. The van der Waals surface area contributed by atoms with E-state index in [1.807, 2.05) is 49.7 Å². The second kappa shape index (κ2) is 7.88. The minimum absolute atomic E-state index is 0.678. The van der Waals surface area contributed by atoms with Crippen LogP contribution in [0.2, 0.25) is 0 Å². The summed E-state index contributed by atoms with van der Waals surface area (Å²) in [6, 6.07) is 7.86. The summed E-state index contributed by atoms with van der Waals surface area (Å²) in [6.45, 7) is 5.69. The second-order valence-electron chi connectivity index (χ2n) is 5.73. The fourth-order valence-corrected chi connectivity index (χ4v) is 2.81. The lowest BCUT2D eigenvalue weighted by Crippen LogP contribution is -2.12. The van der Waals surface area contributed by atoms with Gasteiger partial charge in [0.25, 0.3) is 0 Å². The Hall–Kier alpha value is -2.20. The van der Waals surface area contributed by atoms with Gasteiger partial charge in [-0.2, -0.15) is 0 Å². The van der Waals surface area contributed by atoms with Crippen molar-refractivity contribution in [2.75, 3.05) is 13.6 Å². The zero-order chi connectivity index (χ0) is 16.8. The highest BCUT2D eigenvalue weighted by atomic mass is 16.1. The highest BCUT2D eigenvalue weighted by Crippen LogP contribution is 2.26. The first kappa shape index (κ1) is 17.2. The number of aromatic nitrogens is 1. The maximum absolute atomic E-state index is 11.5. The van der Waals surface area contributed by atoms with Gasteiger partial charge in [-0.1, -0.05) is 24.6 Å². The summed E-state index contributed by atoms with van der Waals surface area (Å²) in [5.74, 6) is 0. The lowest BCUT2D eigenvalue weighted by Gasteiger charge is -2.10. The summed E-state index contributed by atoms with van der Waals surface area (Å²) >= 11 is 0. The molecular weight excluding hydrogens is 288 g/mol. The average molecular weight is 312 g/mol. The van der Waals surface area contributed by atoms with Gasteiger partial charge < -0.3 is 9.88 Å². The Morgan fingerprint density at radius 3 is 2.65 bits per heavy atom. The van der Waals surface area contributed by atoms with Crippen LogP contribution in [0.4, 0.5) is 0 Å². The largest absolute Gasteiger partial charge is 0.338 e. The van der Waals surface area contributed by atoms with Crippen LogP contribution in [0.25, 0.3) is 16.5 Å². The van der Waals surface area contributed by atoms with Crippen LogP contribution >= 0.6 is 0 Å². The number of aryl methyl sites for hydroxylation is 1. The number of benzene rings is 1. The quantitative estimate of drug-likeness (QED) is 0.461. The minimum Gasteiger partial charge on any atom is -0.338 e. The van der Waals surface area contributed by atoms with E-state index >= 15 is 0 Å². The molecule has 0 aliphatic heterocycles. The van der Waals surface area contributed by atoms with E-state index in [4.69, 9.17) is 0 Å². The van der Waals surface area contributed by atoms with Gasteiger partial charge in [0.05, 0.1) is 5.69 Å². The van der Waals surface area contributed by atoms with Gasteiger partial charge in [0, 0.05) is 23.0 Å². The topological polar surface area (TPSA) is 51.1 Å². The molecule has 0 aliphatic carbocycles.